The smallest absolute Gasteiger partial charge is 0.242 e. The van der Waals surface area contributed by atoms with Gasteiger partial charge in [-0.1, -0.05) is 30.3 Å². The molecule has 0 N–H and O–H groups in total. The molecule has 1 aliphatic heterocycles. The van der Waals surface area contributed by atoms with E-state index in [9.17, 15) is 9.59 Å². The molecule has 1 heterocycles. The van der Waals surface area contributed by atoms with Gasteiger partial charge < -0.3 is 14.5 Å². The molecule has 2 rings (SSSR count). The molecule has 22 heavy (non-hydrogen) atoms. The number of amides is 2. The molecular formula is C17H24N2O3. The van der Waals surface area contributed by atoms with Gasteiger partial charge in [-0.3, -0.25) is 9.59 Å². The van der Waals surface area contributed by atoms with E-state index in [0.717, 1.165) is 12.8 Å². The number of morpholine rings is 1. The van der Waals surface area contributed by atoms with E-state index in [4.69, 9.17) is 4.74 Å². The van der Waals surface area contributed by atoms with Crippen molar-refractivity contribution in [3.63, 3.8) is 0 Å². The summed E-state index contributed by atoms with van der Waals surface area (Å²) in [6.07, 6.45) is 1.77. The molecule has 120 valence electrons. The molecule has 5 heteroatoms. The molecule has 1 fully saturated rings. The number of hydrogen-bond acceptors (Lipinski definition) is 3. The molecule has 2 amide bonds. The number of carbonyl (C=O) groups excluding carboxylic acids is 2. The lowest BCUT2D eigenvalue weighted by atomic mass is 10.1. The van der Waals surface area contributed by atoms with Gasteiger partial charge in [-0.2, -0.15) is 0 Å². The fourth-order valence-electron chi connectivity index (χ4n) is 2.54. The lowest BCUT2D eigenvalue weighted by Crippen LogP contribution is -2.47. The number of benzene rings is 1. The first kappa shape index (κ1) is 16.5. The number of ether oxygens (including phenoxy) is 1. The SMILES string of the molecule is CC(=O)N(CCCc1ccccc1)CC(=O)N1CCOCC1. The molecule has 0 bridgehead atoms. The predicted molar refractivity (Wildman–Crippen MR) is 84.4 cm³/mol. The average molecular weight is 304 g/mol. The van der Waals surface area contributed by atoms with E-state index in [0.29, 0.717) is 32.8 Å². The molecule has 1 aromatic carbocycles. The molecular weight excluding hydrogens is 280 g/mol. The van der Waals surface area contributed by atoms with E-state index in [1.54, 1.807) is 9.80 Å². The van der Waals surface area contributed by atoms with E-state index in [2.05, 4.69) is 12.1 Å². The highest BCUT2D eigenvalue weighted by Gasteiger charge is 2.20. The summed E-state index contributed by atoms with van der Waals surface area (Å²) in [7, 11) is 0. The van der Waals surface area contributed by atoms with Crippen molar-refractivity contribution in [3.05, 3.63) is 35.9 Å². The molecule has 5 nitrogen and oxygen atoms in total. The molecule has 0 atom stereocenters. The van der Waals surface area contributed by atoms with Crippen LogP contribution in [0.4, 0.5) is 0 Å². The largest absolute Gasteiger partial charge is 0.378 e. The van der Waals surface area contributed by atoms with Crippen LogP contribution in [0.25, 0.3) is 0 Å². The third-order valence-electron chi connectivity index (χ3n) is 3.87. The van der Waals surface area contributed by atoms with Gasteiger partial charge in [0.05, 0.1) is 19.8 Å². The average Bonchev–Trinajstić information content (AvgIpc) is 2.55. The minimum absolute atomic E-state index is 0.0122. The molecule has 0 spiro atoms. The van der Waals surface area contributed by atoms with Crippen LogP contribution in [-0.4, -0.2) is 61.0 Å². The zero-order valence-electron chi connectivity index (χ0n) is 13.2. The minimum atomic E-state index is -0.0466. The van der Waals surface area contributed by atoms with E-state index in [1.165, 1.54) is 12.5 Å². The van der Waals surface area contributed by atoms with Gasteiger partial charge in [0.15, 0.2) is 0 Å². The van der Waals surface area contributed by atoms with E-state index in [-0.39, 0.29) is 18.4 Å². The van der Waals surface area contributed by atoms with Crippen LogP contribution in [0, 0.1) is 0 Å². The summed E-state index contributed by atoms with van der Waals surface area (Å²) < 4.78 is 5.24. The number of aryl methyl sites for hydroxylation is 1. The summed E-state index contributed by atoms with van der Waals surface area (Å²) in [5, 5.41) is 0. The minimum Gasteiger partial charge on any atom is -0.378 e. The topological polar surface area (TPSA) is 49.9 Å². The molecule has 1 saturated heterocycles. The summed E-state index contributed by atoms with van der Waals surface area (Å²) >= 11 is 0. The zero-order valence-corrected chi connectivity index (χ0v) is 13.2. The third kappa shape index (κ3) is 5.15. The molecule has 0 aliphatic carbocycles. The lowest BCUT2D eigenvalue weighted by Gasteiger charge is -2.29. The van der Waals surface area contributed by atoms with E-state index < -0.39 is 0 Å². The van der Waals surface area contributed by atoms with Gasteiger partial charge >= 0.3 is 0 Å². The molecule has 0 saturated carbocycles. The first-order valence-electron chi connectivity index (χ1n) is 7.82. The van der Waals surface area contributed by atoms with Crippen molar-refractivity contribution in [2.75, 3.05) is 39.4 Å². The standard InChI is InChI=1S/C17H24N2O3/c1-15(20)19(9-5-8-16-6-3-2-4-7-16)14-17(21)18-10-12-22-13-11-18/h2-4,6-7H,5,8-14H2,1H3. The highest BCUT2D eigenvalue weighted by atomic mass is 16.5. The second-order valence-electron chi connectivity index (χ2n) is 5.52. The maximum absolute atomic E-state index is 12.2. The van der Waals surface area contributed by atoms with Crippen LogP contribution >= 0.6 is 0 Å². The first-order valence-corrected chi connectivity index (χ1v) is 7.82. The Morgan fingerprint density at radius 3 is 2.50 bits per heavy atom. The summed E-state index contributed by atoms with van der Waals surface area (Å²) in [5.74, 6) is -0.0344. The summed E-state index contributed by atoms with van der Waals surface area (Å²) in [6, 6.07) is 10.2. The van der Waals surface area contributed by atoms with Gasteiger partial charge in [0, 0.05) is 26.6 Å². The van der Waals surface area contributed by atoms with Crippen LogP contribution in [-0.2, 0) is 20.7 Å². The Hall–Kier alpha value is -1.88. The van der Waals surface area contributed by atoms with E-state index >= 15 is 0 Å². The van der Waals surface area contributed by atoms with Gasteiger partial charge in [0.1, 0.15) is 0 Å². The monoisotopic (exact) mass is 304 g/mol. The van der Waals surface area contributed by atoms with Crippen LogP contribution in [0.5, 0.6) is 0 Å². The zero-order chi connectivity index (χ0) is 15.8. The first-order chi connectivity index (χ1) is 10.7. The van der Waals surface area contributed by atoms with Crippen LogP contribution in [0.1, 0.15) is 18.9 Å². The maximum atomic E-state index is 12.2. The number of nitrogens with zero attached hydrogens (tertiary/aromatic N) is 2. The molecule has 1 aliphatic rings. The van der Waals surface area contributed by atoms with Crippen molar-refractivity contribution < 1.29 is 14.3 Å². The normalized spacial score (nSPS) is 14.7. The Kier molecular flexibility index (Phi) is 6.40. The summed E-state index contributed by atoms with van der Waals surface area (Å²) in [6.45, 7) is 4.71. The highest BCUT2D eigenvalue weighted by molar-refractivity contribution is 5.83. The van der Waals surface area contributed by atoms with Crippen molar-refractivity contribution in [2.45, 2.75) is 19.8 Å². The summed E-state index contributed by atoms with van der Waals surface area (Å²) in [4.78, 5) is 27.4. The maximum Gasteiger partial charge on any atom is 0.242 e. The van der Waals surface area contributed by atoms with Crippen LogP contribution in [0.3, 0.4) is 0 Å². The highest BCUT2D eigenvalue weighted by Crippen LogP contribution is 2.05. The number of rotatable bonds is 6. The van der Waals surface area contributed by atoms with Crippen molar-refractivity contribution in [1.82, 2.24) is 9.80 Å². The Morgan fingerprint density at radius 2 is 1.86 bits per heavy atom. The van der Waals surface area contributed by atoms with Crippen molar-refractivity contribution in [2.24, 2.45) is 0 Å². The molecule has 1 aromatic rings. The molecule has 0 radical (unpaired) electrons. The Labute approximate surface area is 131 Å². The third-order valence-corrected chi connectivity index (χ3v) is 3.87. The van der Waals surface area contributed by atoms with Gasteiger partial charge in [-0.25, -0.2) is 0 Å². The van der Waals surface area contributed by atoms with Crippen LogP contribution in [0.2, 0.25) is 0 Å². The molecule has 0 aromatic heterocycles. The van der Waals surface area contributed by atoms with Crippen molar-refractivity contribution >= 4 is 11.8 Å². The second kappa shape index (κ2) is 8.54. The summed E-state index contributed by atoms with van der Waals surface area (Å²) in [5.41, 5.74) is 1.26. The van der Waals surface area contributed by atoms with Gasteiger partial charge in [0.2, 0.25) is 11.8 Å². The Morgan fingerprint density at radius 1 is 1.18 bits per heavy atom. The van der Waals surface area contributed by atoms with Gasteiger partial charge in [-0.05, 0) is 18.4 Å². The Balaban J connectivity index is 1.79. The van der Waals surface area contributed by atoms with Crippen LogP contribution in [0.15, 0.2) is 30.3 Å². The number of carbonyl (C=O) groups is 2. The fraction of sp³-hybridized carbons (Fsp3) is 0.529. The quantitative estimate of drug-likeness (QED) is 0.796. The Bertz CT molecular complexity index is 484. The van der Waals surface area contributed by atoms with Crippen LogP contribution < -0.4 is 0 Å². The van der Waals surface area contributed by atoms with E-state index in [1.807, 2.05) is 18.2 Å². The predicted octanol–water partition coefficient (Wildman–Crippen LogP) is 1.33. The van der Waals surface area contributed by atoms with Crippen molar-refractivity contribution in [3.8, 4) is 0 Å². The van der Waals surface area contributed by atoms with Gasteiger partial charge in [0.25, 0.3) is 0 Å². The fourth-order valence-corrected chi connectivity index (χ4v) is 2.54. The number of hydrogen-bond donors (Lipinski definition) is 0. The molecule has 0 unspecified atom stereocenters. The lowest BCUT2D eigenvalue weighted by molar-refractivity contribution is -0.142. The van der Waals surface area contributed by atoms with Gasteiger partial charge in [-0.15, -0.1) is 0 Å². The second-order valence-corrected chi connectivity index (χ2v) is 5.52. The van der Waals surface area contributed by atoms with Crippen molar-refractivity contribution in [1.29, 1.82) is 0 Å².